The molecule has 0 unspecified atom stereocenters. The van der Waals surface area contributed by atoms with Gasteiger partial charge in [-0.15, -0.1) is 0 Å². The summed E-state index contributed by atoms with van der Waals surface area (Å²) in [6.45, 7) is 0.436. The number of imidazole rings is 1. The Kier molecular flexibility index (Phi) is 6.17. The number of fused-ring (bicyclic) bond motifs is 1. The zero-order valence-electron chi connectivity index (χ0n) is 16.8. The predicted octanol–water partition coefficient (Wildman–Crippen LogP) is 3.85. The maximum absolute atomic E-state index is 11.3. The Labute approximate surface area is 184 Å². The number of thioether (sulfide) groups is 1. The van der Waals surface area contributed by atoms with E-state index in [0.717, 1.165) is 27.6 Å². The molecule has 0 aliphatic carbocycles. The highest BCUT2D eigenvalue weighted by Crippen LogP contribution is 2.29. The normalized spacial score (nSPS) is 11.5. The van der Waals surface area contributed by atoms with Crippen LogP contribution in [0.3, 0.4) is 0 Å². The average molecular weight is 456 g/mol. The van der Waals surface area contributed by atoms with Crippen LogP contribution in [0.2, 0.25) is 0 Å². The summed E-state index contributed by atoms with van der Waals surface area (Å²) >= 11 is 1.58. The van der Waals surface area contributed by atoms with Crippen molar-refractivity contribution in [3.63, 3.8) is 0 Å². The van der Waals surface area contributed by atoms with Crippen molar-refractivity contribution in [3.05, 3.63) is 72.8 Å². The van der Waals surface area contributed by atoms with Crippen LogP contribution in [0.25, 0.3) is 16.7 Å². The van der Waals surface area contributed by atoms with Crippen molar-refractivity contribution >= 4 is 32.8 Å². The fraction of sp³-hybridized carbons (Fsp3) is 0.136. The molecule has 4 aromatic rings. The van der Waals surface area contributed by atoms with Gasteiger partial charge in [0.15, 0.2) is 5.16 Å². The molecule has 3 aromatic carbocycles. The van der Waals surface area contributed by atoms with E-state index in [0.29, 0.717) is 18.1 Å². The van der Waals surface area contributed by atoms with Crippen LogP contribution in [0.5, 0.6) is 11.5 Å². The summed E-state index contributed by atoms with van der Waals surface area (Å²) in [4.78, 5) is 4.83. The summed E-state index contributed by atoms with van der Waals surface area (Å²) in [6, 6.07) is 21.9. The van der Waals surface area contributed by atoms with Gasteiger partial charge in [0, 0.05) is 11.4 Å². The van der Waals surface area contributed by atoms with E-state index in [1.54, 1.807) is 31.0 Å². The Morgan fingerprint density at radius 2 is 1.65 bits per heavy atom. The summed E-state index contributed by atoms with van der Waals surface area (Å²) in [5.41, 5.74) is 2.94. The molecule has 31 heavy (non-hydrogen) atoms. The Hall–Kier alpha value is -3.01. The molecule has 0 amide bonds. The maximum atomic E-state index is 11.3. The number of sulfonamides is 1. The van der Waals surface area contributed by atoms with Crippen LogP contribution in [0, 0.1) is 0 Å². The highest BCUT2D eigenvalue weighted by Gasteiger charge is 2.13. The molecule has 1 aromatic heterocycles. The first-order valence-electron chi connectivity index (χ1n) is 9.46. The van der Waals surface area contributed by atoms with Gasteiger partial charge in [-0.25, -0.2) is 18.5 Å². The predicted molar refractivity (Wildman–Crippen MR) is 122 cm³/mol. The molecule has 0 saturated carbocycles. The summed E-state index contributed by atoms with van der Waals surface area (Å²) in [7, 11) is -2.06. The number of rotatable bonds is 8. The third-order valence-corrected chi connectivity index (χ3v) is 6.43. The molecule has 0 aliphatic rings. The zero-order chi connectivity index (χ0) is 21.8. The van der Waals surface area contributed by atoms with Gasteiger partial charge in [-0.1, -0.05) is 23.9 Å². The van der Waals surface area contributed by atoms with Gasteiger partial charge in [0.25, 0.3) is 0 Å². The summed E-state index contributed by atoms with van der Waals surface area (Å²) in [5.74, 6) is 2.04. The summed E-state index contributed by atoms with van der Waals surface area (Å²) in [5, 5.41) is 5.98. The van der Waals surface area contributed by atoms with Gasteiger partial charge in [0.2, 0.25) is 10.0 Å². The molecule has 2 N–H and O–H groups in total. The largest absolute Gasteiger partial charge is 0.497 e. The van der Waals surface area contributed by atoms with E-state index in [1.807, 2.05) is 48.5 Å². The van der Waals surface area contributed by atoms with Crippen molar-refractivity contribution in [3.8, 4) is 17.2 Å². The summed E-state index contributed by atoms with van der Waals surface area (Å²) in [6.07, 6.45) is 0. The molecule has 0 fully saturated rings. The molecule has 9 heteroatoms. The SMILES string of the molecule is COc1ccc(-n2c(SCCOc3ccc(S(N)(=O)=O)cc3)nc3ccccc32)cc1. The highest BCUT2D eigenvalue weighted by molar-refractivity contribution is 7.99. The minimum absolute atomic E-state index is 0.0578. The second-order valence-corrected chi connectivity index (χ2v) is 9.25. The van der Waals surface area contributed by atoms with Crippen molar-refractivity contribution in [2.45, 2.75) is 10.1 Å². The first-order chi connectivity index (χ1) is 15.0. The number of ether oxygens (including phenoxy) is 2. The van der Waals surface area contributed by atoms with Crippen molar-refractivity contribution < 1.29 is 17.9 Å². The molecule has 1 heterocycles. The van der Waals surface area contributed by atoms with Crippen LogP contribution in [0.15, 0.2) is 82.8 Å². The molecule has 0 bridgehead atoms. The lowest BCUT2D eigenvalue weighted by Crippen LogP contribution is -2.11. The van der Waals surface area contributed by atoms with Crippen LogP contribution in [-0.4, -0.2) is 37.4 Å². The molecule has 0 radical (unpaired) electrons. The zero-order valence-corrected chi connectivity index (χ0v) is 18.4. The lowest BCUT2D eigenvalue weighted by Gasteiger charge is -2.10. The number of benzene rings is 3. The van der Waals surface area contributed by atoms with Crippen molar-refractivity contribution in [1.29, 1.82) is 0 Å². The lowest BCUT2D eigenvalue weighted by atomic mass is 10.2. The van der Waals surface area contributed by atoms with E-state index in [4.69, 9.17) is 19.6 Å². The van der Waals surface area contributed by atoms with Gasteiger partial charge < -0.3 is 9.47 Å². The van der Waals surface area contributed by atoms with Crippen molar-refractivity contribution in [2.75, 3.05) is 19.5 Å². The second-order valence-electron chi connectivity index (χ2n) is 6.63. The van der Waals surface area contributed by atoms with Crippen molar-refractivity contribution in [2.24, 2.45) is 5.14 Å². The van der Waals surface area contributed by atoms with Crippen LogP contribution in [-0.2, 0) is 10.0 Å². The number of hydrogen-bond donors (Lipinski definition) is 1. The van der Waals surface area contributed by atoms with E-state index >= 15 is 0 Å². The van der Waals surface area contributed by atoms with E-state index in [2.05, 4.69) is 4.57 Å². The van der Waals surface area contributed by atoms with E-state index in [-0.39, 0.29) is 4.90 Å². The van der Waals surface area contributed by atoms with Crippen LogP contribution in [0.4, 0.5) is 0 Å². The van der Waals surface area contributed by atoms with Gasteiger partial charge in [-0.05, 0) is 60.7 Å². The number of hydrogen-bond acceptors (Lipinski definition) is 6. The minimum atomic E-state index is -3.71. The monoisotopic (exact) mass is 455 g/mol. The van der Waals surface area contributed by atoms with Crippen molar-refractivity contribution in [1.82, 2.24) is 9.55 Å². The molecule has 0 atom stereocenters. The summed E-state index contributed by atoms with van der Waals surface area (Å²) < 4.78 is 35.8. The van der Waals surface area contributed by atoms with E-state index < -0.39 is 10.0 Å². The molecule has 0 aliphatic heterocycles. The topological polar surface area (TPSA) is 96.4 Å². The Morgan fingerprint density at radius 3 is 2.32 bits per heavy atom. The minimum Gasteiger partial charge on any atom is -0.497 e. The molecule has 0 spiro atoms. The lowest BCUT2D eigenvalue weighted by molar-refractivity contribution is 0.343. The number of aromatic nitrogens is 2. The molecule has 160 valence electrons. The number of nitrogens with two attached hydrogens (primary N) is 1. The highest BCUT2D eigenvalue weighted by atomic mass is 32.2. The van der Waals surface area contributed by atoms with Crippen LogP contribution < -0.4 is 14.6 Å². The van der Waals surface area contributed by atoms with E-state index in [1.165, 1.54) is 12.1 Å². The number of methoxy groups -OCH3 is 1. The Balaban J connectivity index is 1.48. The first-order valence-corrected chi connectivity index (χ1v) is 12.0. The third kappa shape index (κ3) is 4.84. The van der Waals surface area contributed by atoms with Gasteiger partial charge >= 0.3 is 0 Å². The maximum Gasteiger partial charge on any atom is 0.238 e. The van der Waals surface area contributed by atoms with Gasteiger partial charge in [-0.3, -0.25) is 4.57 Å². The quantitative estimate of drug-likeness (QED) is 0.320. The third-order valence-electron chi connectivity index (χ3n) is 4.60. The Bertz CT molecular complexity index is 1280. The molecule has 7 nitrogen and oxygen atoms in total. The van der Waals surface area contributed by atoms with E-state index in [9.17, 15) is 8.42 Å². The van der Waals surface area contributed by atoms with Gasteiger partial charge in [-0.2, -0.15) is 0 Å². The fourth-order valence-corrected chi connectivity index (χ4v) is 4.46. The second kappa shape index (κ2) is 9.01. The first kappa shape index (κ1) is 21.2. The Morgan fingerprint density at radius 1 is 0.968 bits per heavy atom. The van der Waals surface area contributed by atoms with Crippen LogP contribution in [0.1, 0.15) is 0 Å². The van der Waals surface area contributed by atoms with Crippen LogP contribution >= 0.6 is 11.8 Å². The average Bonchev–Trinajstić information content (AvgIpc) is 3.15. The number of primary sulfonamides is 1. The molecular weight excluding hydrogens is 434 g/mol. The molecular formula is C22H21N3O4S2. The molecule has 4 rings (SSSR count). The van der Waals surface area contributed by atoms with Gasteiger partial charge in [0.05, 0.1) is 29.6 Å². The number of nitrogens with zero attached hydrogens (tertiary/aromatic N) is 2. The van der Waals surface area contributed by atoms with Gasteiger partial charge in [0.1, 0.15) is 11.5 Å². The molecule has 0 saturated heterocycles. The standard InChI is InChI=1S/C22H21N3O4S2/c1-28-17-8-6-16(7-9-17)25-21-5-3-2-4-20(21)24-22(25)30-15-14-29-18-10-12-19(13-11-18)31(23,26)27/h2-13H,14-15H2,1H3,(H2,23,26,27). The fourth-order valence-electron chi connectivity index (χ4n) is 3.10. The smallest absolute Gasteiger partial charge is 0.238 e. The number of para-hydroxylation sites is 2.